The molecule has 13 heteroatoms. The second-order valence-corrected chi connectivity index (χ2v) is 13.4. The number of furan rings is 1. The standard InChI is InChI=1S/C34H37ClFN5O6/c1-19-7-5-6-12-45-18-27-38-28-23-8-3-4-9-26(23)47-29(28)30(39-27)41-17-22(14-25(41)33(43)44)46-31-24(13-21(35)15-37-31)34(36)10-11-40(32(19)42)16-20(34)2/h3-4,8-9,13,15,19-20,22,25H,5-7,10-12,14,16-18H2,1-2H3,(H,43,44)/t19-,20-,22-,25-,34+/m0/s1. The van der Waals surface area contributed by atoms with Crippen LogP contribution in [0, 0.1) is 11.8 Å². The van der Waals surface area contributed by atoms with Gasteiger partial charge < -0.3 is 28.8 Å². The number of pyridine rings is 1. The van der Waals surface area contributed by atoms with E-state index in [-0.39, 0.29) is 67.4 Å². The number of rotatable bonds is 1. The summed E-state index contributed by atoms with van der Waals surface area (Å²) in [6, 6.07) is 7.99. The van der Waals surface area contributed by atoms with E-state index in [0.717, 1.165) is 18.2 Å². The Balaban J connectivity index is 1.30. The lowest BCUT2D eigenvalue weighted by atomic mass is 9.78. The molecule has 1 N–H and O–H groups in total. The van der Waals surface area contributed by atoms with Crippen molar-refractivity contribution in [3.05, 3.63) is 52.9 Å². The van der Waals surface area contributed by atoms with Crippen molar-refractivity contribution in [1.29, 1.82) is 0 Å². The van der Waals surface area contributed by atoms with Gasteiger partial charge in [-0.2, -0.15) is 0 Å². The molecule has 2 saturated heterocycles. The Kier molecular flexibility index (Phi) is 8.42. The van der Waals surface area contributed by atoms with Crippen LogP contribution in [0.2, 0.25) is 5.02 Å². The van der Waals surface area contributed by atoms with Crippen molar-refractivity contribution in [1.82, 2.24) is 19.9 Å². The molecule has 1 amide bonds. The zero-order chi connectivity index (χ0) is 32.9. The Morgan fingerprint density at radius 1 is 1.17 bits per heavy atom. The SMILES string of the molecule is C[C@H]1CCCCOCc2nc(c3oc4ccccc4c3n2)N2C[C@H](C[C@H]2C(=O)O)Oc2ncc(Cl)cc2[C@@]2(F)CCN(C[C@@H]2C)C1=O. The van der Waals surface area contributed by atoms with Crippen molar-refractivity contribution in [2.75, 3.05) is 31.1 Å². The summed E-state index contributed by atoms with van der Waals surface area (Å²) < 4.78 is 35.7. The Morgan fingerprint density at radius 2 is 2.00 bits per heavy atom. The van der Waals surface area contributed by atoms with Gasteiger partial charge in [-0.05, 0) is 31.0 Å². The number of carboxylic acid groups (broad SMARTS) is 1. The number of aliphatic carboxylic acids is 1. The highest BCUT2D eigenvalue weighted by Gasteiger charge is 2.47. The fourth-order valence-electron chi connectivity index (χ4n) is 7.17. The molecule has 4 aliphatic rings. The summed E-state index contributed by atoms with van der Waals surface area (Å²) in [4.78, 5) is 43.3. The summed E-state index contributed by atoms with van der Waals surface area (Å²) >= 11 is 6.35. The molecule has 0 radical (unpaired) electrons. The van der Waals surface area contributed by atoms with Crippen molar-refractivity contribution < 1.29 is 33.0 Å². The molecule has 248 valence electrons. The molecule has 4 aromatic rings. The number of carbonyl (C=O) groups is 2. The zero-order valence-corrected chi connectivity index (χ0v) is 27.1. The van der Waals surface area contributed by atoms with Gasteiger partial charge in [0.2, 0.25) is 11.8 Å². The number of carboxylic acids is 1. The van der Waals surface area contributed by atoms with Crippen molar-refractivity contribution in [3.63, 3.8) is 0 Å². The van der Waals surface area contributed by atoms with Gasteiger partial charge in [-0.25, -0.2) is 24.1 Å². The molecule has 8 rings (SSSR count). The molecular formula is C34H37ClFN5O6. The monoisotopic (exact) mass is 665 g/mol. The predicted octanol–water partition coefficient (Wildman–Crippen LogP) is 5.91. The largest absolute Gasteiger partial charge is 0.480 e. The minimum absolute atomic E-state index is 0.0127. The van der Waals surface area contributed by atoms with Gasteiger partial charge in [-0.15, -0.1) is 0 Å². The lowest BCUT2D eigenvalue weighted by molar-refractivity contribution is -0.140. The number of aromatic nitrogens is 3. The Labute approximate surface area is 276 Å². The molecule has 0 unspecified atom stereocenters. The highest BCUT2D eigenvalue weighted by Crippen LogP contribution is 2.46. The van der Waals surface area contributed by atoms with Crippen LogP contribution in [0.3, 0.4) is 0 Å². The van der Waals surface area contributed by atoms with Crippen LogP contribution >= 0.6 is 11.6 Å². The second-order valence-electron chi connectivity index (χ2n) is 13.0. The lowest BCUT2D eigenvalue weighted by Gasteiger charge is -2.42. The predicted molar refractivity (Wildman–Crippen MR) is 172 cm³/mol. The van der Waals surface area contributed by atoms with Gasteiger partial charge in [0.05, 0.1) is 17.1 Å². The molecule has 6 bridgehead atoms. The number of para-hydroxylation sites is 1. The van der Waals surface area contributed by atoms with E-state index in [1.54, 1.807) is 16.7 Å². The number of benzene rings is 1. The number of nitrogens with zero attached hydrogens (tertiary/aromatic N) is 5. The average Bonchev–Trinajstić information content (AvgIpc) is 3.65. The summed E-state index contributed by atoms with van der Waals surface area (Å²) in [5, 5.41) is 11.4. The number of halogens is 2. The Morgan fingerprint density at radius 3 is 2.81 bits per heavy atom. The third kappa shape index (κ3) is 5.86. The Bertz CT molecular complexity index is 1840. The first-order valence-electron chi connectivity index (χ1n) is 16.2. The van der Waals surface area contributed by atoms with Gasteiger partial charge in [0.1, 0.15) is 35.5 Å². The van der Waals surface area contributed by atoms with Crippen LogP contribution in [0.4, 0.5) is 10.2 Å². The van der Waals surface area contributed by atoms with E-state index in [4.69, 9.17) is 35.5 Å². The zero-order valence-electron chi connectivity index (χ0n) is 26.3. The molecule has 3 aromatic heterocycles. The number of alkyl halides is 1. The maximum atomic E-state index is 17.1. The first kappa shape index (κ1) is 31.6. The molecular weight excluding hydrogens is 629 g/mol. The minimum atomic E-state index is -1.87. The first-order valence-corrected chi connectivity index (χ1v) is 16.6. The van der Waals surface area contributed by atoms with Crippen molar-refractivity contribution in [2.45, 2.75) is 70.4 Å². The highest BCUT2D eigenvalue weighted by atomic mass is 35.5. The molecule has 5 atom stereocenters. The van der Waals surface area contributed by atoms with E-state index in [1.807, 2.05) is 31.2 Å². The van der Waals surface area contributed by atoms with Crippen LogP contribution in [0.15, 0.2) is 40.9 Å². The summed E-state index contributed by atoms with van der Waals surface area (Å²) in [7, 11) is 0. The van der Waals surface area contributed by atoms with Crippen LogP contribution in [0.25, 0.3) is 22.1 Å². The average molecular weight is 666 g/mol. The number of hydrogen-bond donors (Lipinski definition) is 1. The number of carbonyl (C=O) groups excluding carboxylic acids is 1. The summed E-state index contributed by atoms with van der Waals surface area (Å²) in [6.07, 6.45) is 3.07. The number of piperidine rings is 1. The smallest absolute Gasteiger partial charge is 0.326 e. The van der Waals surface area contributed by atoms with Crippen LogP contribution in [-0.2, 0) is 26.6 Å². The van der Waals surface area contributed by atoms with Gasteiger partial charge in [0, 0.05) is 56.0 Å². The summed E-state index contributed by atoms with van der Waals surface area (Å²) in [5.74, 6) is -1.04. The molecule has 0 saturated carbocycles. The first-order chi connectivity index (χ1) is 22.6. The van der Waals surface area contributed by atoms with E-state index in [1.165, 1.54) is 12.3 Å². The molecule has 4 aliphatic heterocycles. The molecule has 1 aromatic carbocycles. The Hall–Kier alpha value is -4.03. The van der Waals surface area contributed by atoms with Gasteiger partial charge in [0.15, 0.2) is 17.2 Å². The molecule has 11 nitrogen and oxygen atoms in total. The number of hydrogen-bond acceptors (Lipinski definition) is 9. The van der Waals surface area contributed by atoms with Gasteiger partial charge >= 0.3 is 5.97 Å². The van der Waals surface area contributed by atoms with Crippen LogP contribution in [-0.4, -0.2) is 75.2 Å². The van der Waals surface area contributed by atoms with Crippen molar-refractivity contribution in [3.8, 4) is 5.88 Å². The molecule has 47 heavy (non-hydrogen) atoms. The normalized spacial score (nSPS) is 27.4. The lowest BCUT2D eigenvalue weighted by Crippen LogP contribution is -2.50. The van der Waals surface area contributed by atoms with E-state index in [9.17, 15) is 14.7 Å². The highest BCUT2D eigenvalue weighted by molar-refractivity contribution is 6.30. The fraction of sp³-hybridized carbons (Fsp3) is 0.500. The van der Waals surface area contributed by atoms with Gasteiger partial charge in [0.25, 0.3) is 0 Å². The molecule has 2 fully saturated rings. The number of anilines is 1. The third-order valence-corrected chi connectivity index (χ3v) is 9.98. The molecule has 7 heterocycles. The fourth-order valence-corrected chi connectivity index (χ4v) is 7.33. The van der Waals surface area contributed by atoms with E-state index in [2.05, 4.69) is 4.98 Å². The van der Waals surface area contributed by atoms with Crippen LogP contribution < -0.4 is 9.64 Å². The van der Waals surface area contributed by atoms with Crippen LogP contribution in [0.1, 0.15) is 57.3 Å². The van der Waals surface area contributed by atoms with Gasteiger partial charge in [-0.3, -0.25) is 4.79 Å². The quantitative estimate of drug-likeness (QED) is 0.262. The van der Waals surface area contributed by atoms with E-state index in [0.29, 0.717) is 41.4 Å². The number of fused-ring (bicyclic) bond motifs is 12. The molecule has 0 spiro atoms. The van der Waals surface area contributed by atoms with E-state index < -0.39 is 29.7 Å². The van der Waals surface area contributed by atoms with Crippen LogP contribution in [0.5, 0.6) is 5.88 Å². The topological polar surface area (TPSA) is 131 Å². The third-order valence-electron chi connectivity index (χ3n) is 9.77. The summed E-state index contributed by atoms with van der Waals surface area (Å²) in [5.41, 5.74) is -0.134. The minimum Gasteiger partial charge on any atom is -0.480 e. The second kappa shape index (κ2) is 12.5. The van der Waals surface area contributed by atoms with Gasteiger partial charge in [-0.1, -0.05) is 44.0 Å². The summed E-state index contributed by atoms with van der Waals surface area (Å²) in [6.45, 7) is 4.88. The number of ether oxygens (including phenoxy) is 2. The maximum Gasteiger partial charge on any atom is 0.326 e. The van der Waals surface area contributed by atoms with Crippen molar-refractivity contribution in [2.24, 2.45) is 11.8 Å². The van der Waals surface area contributed by atoms with Crippen molar-refractivity contribution >= 4 is 51.4 Å². The van der Waals surface area contributed by atoms with E-state index >= 15 is 4.39 Å². The number of amides is 1. The maximum absolute atomic E-state index is 17.1. The molecule has 0 aliphatic carbocycles.